The van der Waals surface area contributed by atoms with E-state index in [0.29, 0.717) is 22.3 Å². The first kappa shape index (κ1) is 18.7. The Kier molecular flexibility index (Phi) is 5.04. The van der Waals surface area contributed by atoms with Gasteiger partial charge < -0.3 is 14.7 Å². The third-order valence-electron chi connectivity index (χ3n) is 4.99. The monoisotopic (exact) mass is 390 g/mol. The summed E-state index contributed by atoms with van der Waals surface area (Å²) in [5.74, 6) is -1.22. The second-order valence-corrected chi connectivity index (χ2v) is 6.59. The molecule has 0 bridgehead atoms. The highest BCUT2D eigenvalue weighted by Crippen LogP contribution is 2.39. The van der Waals surface area contributed by atoms with Crippen molar-refractivity contribution >= 4 is 46.1 Å². The van der Waals surface area contributed by atoms with E-state index in [1.165, 1.54) is 0 Å². The fourth-order valence-electron chi connectivity index (χ4n) is 3.73. The van der Waals surface area contributed by atoms with Crippen molar-refractivity contribution < 1.29 is 17.2 Å². The molecule has 1 aliphatic heterocycles. The van der Waals surface area contributed by atoms with Gasteiger partial charge in [0, 0.05) is 48.5 Å². The van der Waals surface area contributed by atoms with Crippen LogP contribution in [-0.2, 0) is 14.3 Å². The van der Waals surface area contributed by atoms with Crippen LogP contribution in [0.3, 0.4) is 0 Å². The smallest absolute Gasteiger partial charge is 0.347 e. The van der Waals surface area contributed by atoms with Gasteiger partial charge in [-0.15, -0.1) is 0 Å². The van der Waals surface area contributed by atoms with Crippen LogP contribution in [0.5, 0.6) is 0 Å². The molecule has 3 aromatic rings. The van der Waals surface area contributed by atoms with Gasteiger partial charge in [0.1, 0.15) is 0 Å². The normalized spacial score (nSPS) is 17.9. The quantitative estimate of drug-likeness (QED) is 0.427. The molecule has 1 aliphatic carbocycles. The van der Waals surface area contributed by atoms with Crippen molar-refractivity contribution in [3.63, 3.8) is 0 Å². The average Bonchev–Trinajstić information content (AvgIpc) is 3.38. The molecule has 5 nitrogen and oxygen atoms in total. The van der Waals surface area contributed by atoms with E-state index in [2.05, 4.69) is 22.1 Å². The molecule has 5 heteroatoms. The molecule has 29 heavy (non-hydrogen) atoms. The summed E-state index contributed by atoms with van der Waals surface area (Å²) in [4.78, 5) is 31.5. The van der Waals surface area contributed by atoms with E-state index in [-0.39, 0.29) is 2.85 Å². The number of carbonyl (C=O) groups is 2. The summed E-state index contributed by atoms with van der Waals surface area (Å²) in [7, 11) is 0. The summed E-state index contributed by atoms with van der Waals surface area (Å²) in [5, 5.41) is 0.880. The molecule has 0 spiro atoms. The fraction of sp³-hybridized carbons (Fsp3) is 0.167. The minimum Gasteiger partial charge on any atom is -0.386 e. The number of aromatic nitrogens is 2. The highest BCUT2D eigenvalue weighted by atomic mass is 16.6. The molecule has 5 rings (SSSR count). The van der Waals surface area contributed by atoms with Crippen LogP contribution < -0.4 is 0 Å². The van der Waals surface area contributed by atoms with Crippen LogP contribution in [0.1, 0.15) is 51.9 Å². The van der Waals surface area contributed by atoms with Gasteiger partial charge >= 0.3 is 11.9 Å². The molecule has 2 aliphatic rings. The first-order chi connectivity index (χ1) is 14.2. The number of para-hydroxylation sites is 1. The second-order valence-electron chi connectivity index (χ2n) is 6.59. The number of allylic oxidation sites excluding steroid dienone is 2. The van der Waals surface area contributed by atoms with Crippen LogP contribution in [0.15, 0.2) is 48.8 Å². The van der Waals surface area contributed by atoms with Crippen LogP contribution in [0.4, 0.5) is 0 Å². The number of benzene rings is 1. The van der Waals surface area contributed by atoms with Gasteiger partial charge in [-0.1, -0.05) is 50.3 Å². The van der Waals surface area contributed by atoms with E-state index < -0.39 is 11.9 Å². The molecule has 2 N–H and O–H groups in total. The Balaban J connectivity index is 0.000000830. The SMILES string of the molecule is CC.O=C1OC(=O)C(c2c[nH]c3ccccc23)=C1c1c[nH]c2c1/C=C\CC/C=C\2.[HH].[HH]. The Hall–Kier alpha value is -3.60. The molecule has 0 amide bonds. The molecular formula is C24H26N2O3. The molecule has 1 aromatic carbocycles. The minimum absolute atomic E-state index is 0. The molecule has 150 valence electrons. The molecule has 0 saturated heterocycles. The zero-order valence-electron chi connectivity index (χ0n) is 16.4. The highest BCUT2D eigenvalue weighted by molar-refractivity contribution is 6.46. The summed E-state index contributed by atoms with van der Waals surface area (Å²) in [5.41, 5.74) is 4.68. The van der Waals surface area contributed by atoms with Gasteiger partial charge in [0.25, 0.3) is 0 Å². The Labute approximate surface area is 171 Å². The fourth-order valence-corrected chi connectivity index (χ4v) is 3.73. The molecule has 2 aromatic heterocycles. The summed E-state index contributed by atoms with van der Waals surface area (Å²) in [6.07, 6.45) is 13.6. The average molecular weight is 390 g/mol. The van der Waals surface area contributed by atoms with Crippen molar-refractivity contribution in [1.82, 2.24) is 9.97 Å². The predicted octanol–water partition coefficient (Wildman–Crippen LogP) is 5.83. The molecule has 0 atom stereocenters. The van der Waals surface area contributed by atoms with Gasteiger partial charge in [-0.2, -0.15) is 0 Å². The number of carbonyl (C=O) groups excluding carboxylic acids is 2. The molecule has 0 saturated carbocycles. The third kappa shape index (κ3) is 3.14. The number of fused-ring (bicyclic) bond motifs is 2. The lowest BCUT2D eigenvalue weighted by atomic mass is 9.94. The summed E-state index contributed by atoms with van der Waals surface area (Å²) in [6.45, 7) is 4.00. The zero-order valence-corrected chi connectivity index (χ0v) is 16.4. The summed E-state index contributed by atoms with van der Waals surface area (Å²) < 4.78 is 5.01. The number of hydrogen-bond donors (Lipinski definition) is 2. The third-order valence-corrected chi connectivity index (χ3v) is 4.99. The maximum atomic E-state index is 12.6. The van der Waals surface area contributed by atoms with Crippen molar-refractivity contribution in [3.05, 3.63) is 71.2 Å². The van der Waals surface area contributed by atoms with Gasteiger partial charge in [0.2, 0.25) is 0 Å². The topological polar surface area (TPSA) is 75.0 Å². The highest BCUT2D eigenvalue weighted by Gasteiger charge is 2.37. The number of rotatable bonds is 2. The van der Waals surface area contributed by atoms with E-state index in [9.17, 15) is 9.59 Å². The minimum atomic E-state index is -0.611. The number of nitrogens with one attached hydrogen (secondary N) is 2. The van der Waals surface area contributed by atoms with E-state index in [4.69, 9.17) is 4.74 Å². The Morgan fingerprint density at radius 1 is 0.862 bits per heavy atom. The van der Waals surface area contributed by atoms with Crippen molar-refractivity contribution in [2.75, 3.05) is 0 Å². The van der Waals surface area contributed by atoms with Crippen molar-refractivity contribution in [2.24, 2.45) is 0 Å². The largest absolute Gasteiger partial charge is 0.386 e. The van der Waals surface area contributed by atoms with Crippen LogP contribution >= 0.6 is 0 Å². The lowest BCUT2D eigenvalue weighted by Gasteiger charge is -2.04. The van der Waals surface area contributed by atoms with Gasteiger partial charge in [0.05, 0.1) is 11.1 Å². The second kappa shape index (κ2) is 7.80. The van der Waals surface area contributed by atoms with Crippen LogP contribution in [0, 0.1) is 0 Å². The van der Waals surface area contributed by atoms with Gasteiger partial charge in [0.15, 0.2) is 0 Å². The lowest BCUT2D eigenvalue weighted by molar-refractivity contribution is -0.149. The Bertz CT molecular complexity index is 1200. The first-order valence-electron chi connectivity index (χ1n) is 9.86. The number of cyclic esters (lactones) is 2. The van der Waals surface area contributed by atoms with Crippen LogP contribution in [-0.4, -0.2) is 21.9 Å². The van der Waals surface area contributed by atoms with E-state index in [1.54, 1.807) is 12.4 Å². The predicted molar refractivity (Wildman–Crippen MR) is 120 cm³/mol. The van der Waals surface area contributed by atoms with Crippen molar-refractivity contribution in [1.29, 1.82) is 0 Å². The van der Waals surface area contributed by atoms with Crippen LogP contribution in [0.2, 0.25) is 0 Å². The van der Waals surface area contributed by atoms with Crippen LogP contribution in [0.25, 0.3) is 34.2 Å². The summed E-state index contributed by atoms with van der Waals surface area (Å²) in [6, 6.07) is 7.68. The first-order valence-corrected chi connectivity index (χ1v) is 9.86. The van der Waals surface area contributed by atoms with Crippen molar-refractivity contribution in [3.8, 4) is 0 Å². The van der Waals surface area contributed by atoms with E-state index >= 15 is 0 Å². The number of H-pyrrole nitrogens is 2. The van der Waals surface area contributed by atoms with Crippen molar-refractivity contribution in [2.45, 2.75) is 26.7 Å². The van der Waals surface area contributed by atoms with Gasteiger partial charge in [-0.05, 0) is 25.0 Å². The number of esters is 2. The molecule has 0 radical (unpaired) electrons. The Morgan fingerprint density at radius 3 is 2.31 bits per heavy atom. The molecule has 0 fully saturated rings. The molecule has 0 unspecified atom stereocenters. The number of aromatic amines is 2. The Morgan fingerprint density at radius 2 is 1.52 bits per heavy atom. The van der Waals surface area contributed by atoms with E-state index in [1.807, 2.05) is 50.3 Å². The lowest BCUT2D eigenvalue weighted by Crippen LogP contribution is -2.02. The maximum Gasteiger partial charge on any atom is 0.347 e. The zero-order chi connectivity index (χ0) is 20.4. The van der Waals surface area contributed by atoms with E-state index in [0.717, 1.165) is 35.0 Å². The number of ether oxygens (including phenoxy) is 1. The standard InChI is InChI=1S/C22H16N2O3.C2H6.2H2/c25-21-19(15-11-23-17-9-4-2-1-3-7-13(15)17)20(22(26)27-21)16-12-24-18-10-6-5-8-14(16)18;1-2;;/h3-12,23-24H,1-2H2;1-2H3;2*1H/b7-3-,9-4-;;;. The van der Waals surface area contributed by atoms with Gasteiger partial charge in [-0.3, -0.25) is 0 Å². The maximum absolute atomic E-state index is 12.6. The van der Waals surface area contributed by atoms with Gasteiger partial charge in [-0.25, -0.2) is 9.59 Å². The molecule has 3 heterocycles. The number of hydrogen-bond acceptors (Lipinski definition) is 3. The summed E-state index contributed by atoms with van der Waals surface area (Å²) >= 11 is 0. The molecular weight excluding hydrogens is 364 g/mol.